The number of esters is 2. The fraction of sp³-hybridized carbons (Fsp3) is 0.269. The summed E-state index contributed by atoms with van der Waals surface area (Å²) in [6.07, 6.45) is -0.609. The van der Waals surface area contributed by atoms with E-state index < -0.39 is 35.7 Å². The normalized spacial score (nSPS) is 9.33. The Morgan fingerprint density at radius 3 is 2.00 bits per heavy atom. The van der Waals surface area contributed by atoms with Gasteiger partial charge in [-0.15, -0.1) is 0 Å². The highest BCUT2D eigenvalue weighted by Gasteiger charge is 2.20. The molecule has 1 aromatic heterocycles. The van der Waals surface area contributed by atoms with Crippen LogP contribution in [0.4, 0.5) is 8.78 Å². The number of rotatable bonds is 8. The summed E-state index contributed by atoms with van der Waals surface area (Å²) in [5, 5.41) is 17.6. The summed E-state index contributed by atoms with van der Waals surface area (Å²) in [7, 11) is 0. The van der Waals surface area contributed by atoms with Crippen molar-refractivity contribution in [2.45, 2.75) is 27.2 Å². The molecule has 3 rings (SSSR count). The molecule has 0 aliphatic heterocycles. The van der Waals surface area contributed by atoms with Crippen molar-refractivity contribution in [1.82, 2.24) is 5.16 Å². The second-order valence-corrected chi connectivity index (χ2v) is 6.88. The van der Waals surface area contributed by atoms with Gasteiger partial charge in [-0.05, 0) is 45.0 Å². The van der Waals surface area contributed by atoms with Crippen LogP contribution in [0.15, 0.2) is 59.1 Å². The first-order chi connectivity index (χ1) is 18.7. The van der Waals surface area contributed by atoms with Crippen molar-refractivity contribution in [1.29, 1.82) is 0 Å². The van der Waals surface area contributed by atoms with E-state index in [0.717, 1.165) is 6.07 Å². The number of nitrogens with two attached hydrogens (primary N) is 1. The minimum atomic E-state index is -1.04. The molecule has 0 amide bonds. The second kappa shape index (κ2) is 19.7. The molecule has 0 radical (unpaired) electrons. The average Bonchev–Trinajstić information content (AvgIpc) is 3.42. The number of benzene rings is 2. The van der Waals surface area contributed by atoms with Crippen LogP contribution in [0.3, 0.4) is 0 Å². The first-order valence-electron chi connectivity index (χ1n) is 11.4. The van der Waals surface area contributed by atoms with Gasteiger partial charge in [0.05, 0.1) is 19.6 Å². The number of carbonyl (C=O) groups excluding carboxylic acids is 4. The monoisotopic (exact) mass is 552 g/mol. The summed E-state index contributed by atoms with van der Waals surface area (Å²) in [5.41, 5.74) is 0.654. The van der Waals surface area contributed by atoms with Crippen LogP contribution in [-0.4, -0.2) is 58.8 Å². The van der Waals surface area contributed by atoms with Crippen LogP contribution < -0.4 is 5.90 Å². The van der Waals surface area contributed by atoms with Crippen molar-refractivity contribution in [2.24, 2.45) is 5.90 Å². The van der Waals surface area contributed by atoms with E-state index in [-0.39, 0.29) is 36.9 Å². The van der Waals surface area contributed by atoms with E-state index in [1.54, 1.807) is 32.9 Å². The predicted molar refractivity (Wildman–Crippen MR) is 134 cm³/mol. The Balaban J connectivity index is 0.000000636. The molecule has 0 unspecified atom stereocenters. The number of hydrogen-bond acceptors (Lipinski definition) is 11. The quantitative estimate of drug-likeness (QED) is 0.122. The van der Waals surface area contributed by atoms with Crippen molar-refractivity contribution < 1.29 is 52.3 Å². The molecule has 0 saturated heterocycles. The van der Waals surface area contributed by atoms with Gasteiger partial charge in [0.1, 0.15) is 11.6 Å². The summed E-state index contributed by atoms with van der Waals surface area (Å²) < 4.78 is 40.0. The van der Waals surface area contributed by atoms with E-state index in [1.165, 1.54) is 36.4 Å². The molecule has 39 heavy (non-hydrogen) atoms. The highest BCUT2D eigenvalue weighted by molar-refractivity contribution is 6.38. The van der Waals surface area contributed by atoms with Gasteiger partial charge in [0, 0.05) is 23.8 Å². The van der Waals surface area contributed by atoms with Gasteiger partial charge in [0.25, 0.3) is 0 Å². The van der Waals surface area contributed by atoms with E-state index in [4.69, 9.17) is 19.6 Å². The van der Waals surface area contributed by atoms with Crippen LogP contribution in [0.1, 0.15) is 48.0 Å². The van der Waals surface area contributed by atoms with Crippen LogP contribution >= 0.6 is 0 Å². The van der Waals surface area contributed by atoms with Gasteiger partial charge >= 0.3 is 11.9 Å². The lowest BCUT2D eigenvalue weighted by atomic mass is 10.1. The summed E-state index contributed by atoms with van der Waals surface area (Å²) in [6, 6.07) is 12.2. The number of halogens is 2. The van der Waals surface area contributed by atoms with Crippen molar-refractivity contribution >= 4 is 23.5 Å². The molecule has 0 atom stereocenters. The molecule has 212 valence electrons. The highest BCUT2D eigenvalue weighted by atomic mass is 19.1. The van der Waals surface area contributed by atoms with Gasteiger partial charge in [-0.2, -0.15) is 0 Å². The molecular formula is C26H30F2N2O9. The number of ether oxygens (including phenoxy) is 2. The molecule has 0 aliphatic carbocycles. The number of aliphatic hydroxyl groups is 1. The highest BCUT2D eigenvalue weighted by Crippen LogP contribution is 2.21. The van der Waals surface area contributed by atoms with Gasteiger partial charge in [-0.25, -0.2) is 24.3 Å². The summed E-state index contributed by atoms with van der Waals surface area (Å²) in [6.45, 7) is 5.52. The molecule has 0 fully saturated rings. The molecule has 13 heteroatoms. The first kappa shape index (κ1) is 34.7. The van der Waals surface area contributed by atoms with E-state index in [1.807, 2.05) is 0 Å². The Labute approximate surface area is 223 Å². The molecule has 4 N–H and O–H groups in total. The smallest absolute Gasteiger partial charge is 0.375 e. The zero-order chi connectivity index (χ0) is 29.8. The average molecular weight is 553 g/mol. The van der Waals surface area contributed by atoms with Crippen LogP contribution in [-0.2, 0) is 19.1 Å². The zero-order valence-electron chi connectivity index (χ0n) is 21.6. The van der Waals surface area contributed by atoms with Gasteiger partial charge in [-0.1, -0.05) is 29.4 Å². The Morgan fingerprint density at radius 2 is 1.46 bits per heavy atom. The van der Waals surface area contributed by atoms with Crippen LogP contribution in [0, 0.1) is 11.6 Å². The van der Waals surface area contributed by atoms with Crippen LogP contribution in [0.2, 0.25) is 0 Å². The maximum Gasteiger partial charge on any atom is 0.375 e. The Morgan fingerprint density at radius 1 is 0.897 bits per heavy atom. The van der Waals surface area contributed by atoms with Gasteiger partial charge in [0.15, 0.2) is 17.2 Å². The van der Waals surface area contributed by atoms with Gasteiger partial charge in [-0.3, -0.25) is 9.59 Å². The van der Waals surface area contributed by atoms with Crippen LogP contribution in [0.5, 0.6) is 0 Å². The molecule has 11 nitrogen and oxygen atoms in total. The number of carbonyl (C=O) groups is 4. The maximum atomic E-state index is 13.0. The third-order valence-corrected chi connectivity index (χ3v) is 4.07. The maximum absolute atomic E-state index is 13.0. The predicted octanol–water partition coefficient (Wildman–Crippen LogP) is 3.52. The fourth-order valence-corrected chi connectivity index (χ4v) is 2.55. The largest absolute Gasteiger partial charge is 0.461 e. The second-order valence-electron chi connectivity index (χ2n) is 6.88. The third kappa shape index (κ3) is 13.2. The summed E-state index contributed by atoms with van der Waals surface area (Å²) in [4.78, 5) is 45.0. The number of aliphatic hydroxyl groups excluding tert-OH is 1. The van der Waals surface area contributed by atoms with E-state index in [0.29, 0.717) is 11.3 Å². The molecule has 2 aromatic carbocycles. The first-order valence-corrected chi connectivity index (χ1v) is 11.4. The lowest BCUT2D eigenvalue weighted by Crippen LogP contribution is -2.20. The Kier molecular flexibility index (Phi) is 17.5. The molecule has 0 aliphatic rings. The number of ketones is 2. The van der Waals surface area contributed by atoms with Crippen molar-refractivity contribution in [3.05, 3.63) is 77.5 Å². The summed E-state index contributed by atoms with van der Waals surface area (Å²) in [5.74, 6) is -0.261. The Bertz CT molecular complexity index is 1200. The third-order valence-electron chi connectivity index (χ3n) is 4.07. The molecule has 0 saturated carbocycles. The topological polar surface area (TPSA) is 179 Å². The fourth-order valence-electron chi connectivity index (χ4n) is 2.55. The lowest BCUT2D eigenvalue weighted by molar-refractivity contribution is -0.153. The number of aromatic nitrogens is 1. The molecular weight excluding hydrogens is 522 g/mol. The minimum Gasteiger partial charge on any atom is -0.461 e. The zero-order valence-corrected chi connectivity index (χ0v) is 21.6. The molecule has 0 bridgehead atoms. The van der Waals surface area contributed by atoms with Crippen LogP contribution in [0.25, 0.3) is 11.3 Å². The molecule has 0 spiro atoms. The van der Waals surface area contributed by atoms with E-state index in [2.05, 4.69) is 15.8 Å². The molecule has 3 aromatic rings. The SMILES string of the molecule is CCO.CCOC(=O)C(=O)CC(=O)c1cccc(F)c1.CCOC(=O)c1cc(-c2cccc(F)c2)on1.NO. The van der Waals surface area contributed by atoms with Crippen molar-refractivity contribution in [3.63, 3.8) is 0 Å². The van der Waals surface area contributed by atoms with E-state index in [9.17, 15) is 28.0 Å². The number of hydrogen-bond donors (Lipinski definition) is 3. The standard InChI is InChI=1S/C12H10FNO3.C12H11FO4.C2H6O.H3NO/c1-2-16-12(15)10-7-11(17-14-10)8-4-3-5-9(13)6-8;1-2-17-12(16)11(15)7-10(14)8-4-3-5-9(13)6-8;1-2-3;1-2/h3-7H,2H2,1H3;3-6H,2,7H2,1H3;3H,2H2,1H3;2H,1H2. The van der Waals surface area contributed by atoms with Crippen molar-refractivity contribution in [2.75, 3.05) is 19.8 Å². The lowest BCUT2D eigenvalue weighted by Gasteiger charge is -2.01. The number of Topliss-reactive ketones (excluding diaryl/α,β-unsaturated/α-hetero) is 2. The summed E-state index contributed by atoms with van der Waals surface area (Å²) >= 11 is 0. The van der Waals surface area contributed by atoms with Gasteiger partial charge in [0.2, 0.25) is 5.78 Å². The Hall–Kier alpha value is -4.33. The van der Waals surface area contributed by atoms with Gasteiger partial charge < -0.3 is 24.3 Å². The molecule has 1 heterocycles. The minimum absolute atomic E-state index is 0.0580. The van der Waals surface area contributed by atoms with E-state index >= 15 is 0 Å². The number of nitrogens with zero attached hydrogens (tertiary/aromatic N) is 1. The van der Waals surface area contributed by atoms with Crippen molar-refractivity contribution in [3.8, 4) is 11.3 Å².